The first-order valence-electron chi connectivity index (χ1n) is 6.59. The number of fused-ring (bicyclic) bond motifs is 1. The van der Waals surface area contributed by atoms with Gasteiger partial charge in [0.25, 0.3) is 0 Å². The Morgan fingerprint density at radius 2 is 1.90 bits per heavy atom. The smallest absolute Gasteiger partial charge is 0.128 e. The minimum Gasteiger partial charge on any atom is -0.322 e. The molecule has 0 spiro atoms. The lowest BCUT2D eigenvalue weighted by Gasteiger charge is -2.10. The molecule has 1 aromatic heterocycles. The van der Waals surface area contributed by atoms with Crippen LogP contribution in [0.15, 0.2) is 42.5 Å². The van der Waals surface area contributed by atoms with Crippen LogP contribution in [0.1, 0.15) is 23.7 Å². The molecule has 0 saturated carbocycles. The predicted molar refractivity (Wildman–Crippen MR) is 84.5 cm³/mol. The van der Waals surface area contributed by atoms with E-state index in [2.05, 4.69) is 4.98 Å². The minimum atomic E-state index is -0.244. The van der Waals surface area contributed by atoms with Crippen LogP contribution in [0.5, 0.6) is 0 Å². The third-order valence-electron chi connectivity index (χ3n) is 3.35. The summed E-state index contributed by atoms with van der Waals surface area (Å²) in [5, 5.41) is 0.416. The Morgan fingerprint density at radius 3 is 2.57 bits per heavy atom. The molecule has 2 aromatic carbocycles. The van der Waals surface area contributed by atoms with Crippen LogP contribution in [0.3, 0.4) is 0 Å². The second-order valence-electron chi connectivity index (χ2n) is 4.93. The quantitative estimate of drug-likeness (QED) is 0.608. The molecule has 108 valence electrons. The highest BCUT2D eigenvalue weighted by molar-refractivity contribution is 6.31. The molecule has 21 heavy (non-hydrogen) atoms. The maximum absolute atomic E-state index is 13.0. The van der Waals surface area contributed by atoms with Crippen molar-refractivity contribution in [2.75, 3.05) is 0 Å². The summed E-state index contributed by atoms with van der Waals surface area (Å²) < 4.78 is 15.1. The summed E-state index contributed by atoms with van der Waals surface area (Å²) >= 11 is 12.2. The van der Waals surface area contributed by atoms with Crippen molar-refractivity contribution in [3.63, 3.8) is 0 Å². The Hall–Kier alpha value is -1.58. The van der Waals surface area contributed by atoms with E-state index in [0.717, 1.165) is 22.4 Å². The van der Waals surface area contributed by atoms with Crippen LogP contribution < -0.4 is 0 Å². The number of hydrogen-bond acceptors (Lipinski definition) is 1. The number of benzene rings is 2. The summed E-state index contributed by atoms with van der Waals surface area (Å²) in [5.41, 5.74) is 2.77. The Morgan fingerprint density at radius 1 is 1.19 bits per heavy atom. The van der Waals surface area contributed by atoms with Crippen molar-refractivity contribution < 1.29 is 4.39 Å². The van der Waals surface area contributed by atoms with Gasteiger partial charge < -0.3 is 4.57 Å². The zero-order valence-electron chi connectivity index (χ0n) is 11.4. The second-order valence-corrected chi connectivity index (χ2v) is 6.02. The van der Waals surface area contributed by atoms with Gasteiger partial charge in [0.15, 0.2) is 0 Å². The third-order valence-corrected chi connectivity index (χ3v) is 3.78. The SMILES string of the molecule is CC(Cl)c1nc2cc(Cl)ccc2n1Cc1ccc(F)cc1. The largest absolute Gasteiger partial charge is 0.322 e. The van der Waals surface area contributed by atoms with Crippen LogP contribution in [0, 0.1) is 5.82 Å². The zero-order chi connectivity index (χ0) is 15.0. The fourth-order valence-corrected chi connectivity index (χ4v) is 2.70. The van der Waals surface area contributed by atoms with Crippen molar-refractivity contribution in [1.29, 1.82) is 0 Å². The van der Waals surface area contributed by atoms with Crippen LogP contribution in [-0.2, 0) is 6.54 Å². The van der Waals surface area contributed by atoms with E-state index < -0.39 is 0 Å². The Kier molecular flexibility index (Phi) is 3.87. The highest BCUT2D eigenvalue weighted by Crippen LogP contribution is 2.27. The van der Waals surface area contributed by atoms with Gasteiger partial charge in [0, 0.05) is 11.6 Å². The van der Waals surface area contributed by atoms with Gasteiger partial charge in [0.2, 0.25) is 0 Å². The van der Waals surface area contributed by atoms with Gasteiger partial charge in [-0.05, 0) is 42.8 Å². The molecule has 0 N–H and O–H groups in total. The molecule has 3 rings (SSSR count). The van der Waals surface area contributed by atoms with E-state index in [4.69, 9.17) is 23.2 Å². The van der Waals surface area contributed by atoms with Gasteiger partial charge in [-0.25, -0.2) is 9.37 Å². The Balaban J connectivity index is 2.10. The zero-order valence-corrected chi connectivity index (χ0v) is 12.9. The van der Waals surface area contributed by atoms with Crippen molar-refractivity contribution >= 4 is 34.2 Å². The van der Waals surface area contributed by atoms with Crippen LogP contribution in [0.25, 0.3) is 11.0 Å². The summed E-state index contributed by atoms with van der Waals surface area (Å²) in [6.07, 6.45) is 0. The average molecular weight is 323 g/mol. The summed E-state index contributed by atoms with van der Waals surface area (Å²) in [6, 6.07) is 12.0. The van der Waals surface area contributed by atoms with Gasteiger partial charge >= 0.3 is 0 Å². The van der Waals surface area contributed by atoms with Gasteiger partial charge in [-0.2, -0.15) is 0 Å². The van der Waals surface area contributed by atoms with E-state index >= 15 is 0 Å². The first kappa shape index (κ1) is 14.4. The molecule has 5 heteroatoms. The number of alkyl halides is 1. The van der Waals surface area contributed by atoms with E-state index in [0.29, 0.717) is 11.6 Å². The lowest BCUT2D eigenvalue weighted by molar-refractivity contribution is 0.626. The molecule has 0 amide bonds. The van der Waals surface area contributed by atoms with Crippen molar-refractivity contribution in [1.82, 2.24) is 9.55 Å². The summed E-state index contributed by atoms with van der Waals surface area (Å²) in [6.45, 7) is 2.47. The van der Waals surface area contributed by atoms with Crippen molar-refractivity contribution in [2.45, 2.75) is 18.8 Å². The highest BCUT2D eigenvalue weighted by atomic mass is 35.5. The molecule has 0 aliphatic rings. The topological polar surface area (TPSA) is 17.8 Å². The van der Waals surface area contributed by atoms with E-state index in [9.17, 15) is 4.39 Å². The van der Waals surface area contributed by atoms with Gasteiger partial charge in [-0.3, -0.25) is 0 Å². The maximum atomic E-state index is 13.0. The monoisotopic (exact) mass is 322 g/mol. The fraction of sp³-hybridized carbons (Fsp3) is 0.188. The molecule has 2 nitrogen and oxygen atoms in total. The molecule has 0 radical (unpaired) electrons. The van der Waals surface area contributed by atoms with Gasteiger partial charge in [-0.1, -0.05) is 23.7 Å². The molecule has 1 heterocycles. The molecule has 0 bridgehead atoms. The van der Waals surface area contributed by atoms with E-state index in [1.165, 1.54) is 12.1 Å². The van der Waals surface area contributed by atoms with Crippen LogP contribution >= 0.6 is 23.2 Å². The third kappa shape index (κ3) is 2.89. The van der Waals surface area contributed by atoms with Gasteiger partial charge in [0.05, 0.1) is 16.4 Å². The number of aromatic nitrogens is 2. The number of hydrogen-bond donors (Lipinski definition) is 0. The van der Waals surface area contributed by atoms with Crippen molar-refractivity contribution in [3.05, 3.63) is 64.7 Å². The van der Waals surface area contributed by atoms with Gasteiger partial charge in [0.1, 0.15) is 11.6 Å². The summed E-state index contributed by atoms with van der Waals surface area (Å²) in [7, 11) is 0. The van der Waals surface area contributed by atoms with E-state index in [-0.39, 0.29) is 11.2 Å². The van der Waals surface area contributed by atoms with Gasteiger partial charge in [-0.15, -0.1) is 11.6 Å². The molecule has 1 unspecified atom stereocenters. The Labute approximate surface area is 132 Å². The van der Waals surface area contributed by atoms with Crippen molar-refractivity contribution in [3.8, 4) is 0 Å². The molecule has 0 saturated heterocycles. The molecule has 0 fully saturated rings. The Bertz CT molecular complexity index is 779. The van der Waals surface area contributed by atoms with E-state index in [1.54, 1.807) is 12.1 Å². The van der Waals surface area contributed by atoms with E-state index in [1.807, 2.05) is 29.7 Å². The van der Waals surface area contributed by atoms with Crippen LogP contribution in [-0.4, -0.2) is 9.55 Å². The minimum absolute atomic E-state index is 0.225. The maximum Gasteiger partial charge on any atom is 0.128 e. The standard InChI is InChI=1S/C16H13Cl2FN2/c1-10(17)16-20-14-8-12(18)4-7-15(14)21(16)9-11-2-5-13(19)6-3-11/h2-8,10H,9H2,1H3. The molecular formula is C16H13Cl2FN2. The highest BCUT2D eigenvalue weighted by Gasteiger charge is 2.15. The lowest BCUT2D eigenvalue weighted by Crippen LogP contribution is -2.05. The molecule has 0 aliphatic heterocycles. The normalized spacial score (nSPS) is 12.8. The first-order chi connectivity index (χ1) is 10.0. The number of rotatable bonds is 3. The van der Waals surface area contributed by atoms with Crippen LogP contribution in [0.2, 0.25) is 5.02 Å². The second kappa shape index (κ2) is 5.66. The fourth-order valence-electron chi connectivity index (χ4n) is 2.36. The number of nitrogens with zero attached hydrogens (tertiary/aromatic N) is 2. The number of imidazole rings is 1. The average Bonchev–Trinajstić information content (AvgIpc) is 2.79. The molecular weight excluding hydrogens is 310 g/mol. The first-order valence-corrected chi connectivity index (χ1v) is 7.40. The number of halogens is 3. The molecule has 0 aliphatic carbocycles. The lowest BCUT2D eigenvalue weighted by atomic mass is 10.2. The van der Waals surface area contributed by atoms with Crippen LogP contribution in [0.4, 0.5) is 4.39 Å². The summed E-state index contributed by atoms with van der Waals surface area (Å²) in [4.78, 5) is 4.56. The molecule has 1 atom stereocenters. The van der Waals surface area contributed by atoms with Crippen molar-refractivity contribution in [2.24, 2.45) is 0 Å². The molecule has 3 aromatic rings. The summed E-state index contributed by atoms with van der Waals surface area (Å²) in [5.74, 6) is 0.533. The predicted octanol–water partition coefficient (Wildman–Crippen LogP) is 5.18.